The molecule has 0 N–H and O–H groups in total. The Hall–Kier alpha value is -2.25. The summed E-state index contributed by atoms with van der Waals surface area (Å²) in [5, 5.41) is 0. The second-order valence-corrected chi connectivity index (χ2v) is 7.50. The molecule has 8 heteroatoms. The van der Waals surface area contributed by atoms with E-state index in [0.29, 0.717) is 24.0 Å². The molecule has 0 radical (unpaired) electrons. The lowest BCUT2D eigenvalue weighted by Crippen LogP contribution is -2.41. The van der Waals surface area contributed by atoms with Crippen molar-refractivity contribution in [2.45, 2.75) is 58.0 Å². The van der Waals surface area contributed by atoms with Crippen molar-refractivity contribution in [3.8, 4) is 0 Å². The first-order valence-corrected chi connectivity index (χ1v) is 8.58. The third-order valence-corrected chi connectivity index (χ3v) is 4.31. The molecule has 0 saturated carbocycles. The van der Waals surface area contributed by atoms with E-state index in [1.165, 1.54) is 9.47 Å². The number of ether oxygens (including phenoxy) is 1. The largest absolute Gasteiger partial charge is 0.449 e. The molecule has 0 spiro atoms. The predicted octanol–water partition coefficient (Wildman–Crippen LogP) is 4.45. The normalized spacial score (nSPS) is 18.5. The van der Waals surface area contributed by atoms with E-state index in [4.69, 9.17) is 4.74 Å². The molecule has 1 amide bonds. The van der Waals surface area contributed by atoms with Gasteiger partial charge in [-0.05, 0) is 45.7 Å². The van der Waals surface area contributed by atoms with Crippen LogP contribution in [0.1, 0.15) is 39.4 Å². The van der Waals surface area contributed by atoms with Crippen LogP contribution in [0.4, 0.5) is 18.0 Å². The van der Waals surface area contributed by atoms with E-state index < -0.39 is 23.7 Å². The van der Waals surface area contributed by atoms with Crippen LogP contribution in [-0.2, 0) is 17.5 Å². The van der Waals surface area contributed by atoms with Crippen LogP contribution >= 0.6 is 0 Å². The van der Waals surface area contributed by atoms with E-state index >= 15 is 0 Å². The molecule has 5 nitrogen and oxygen atoms in total. The Balaban J connectivity index is 1.91. The lowest BCUT2D eigenvalue weighted by molar-refractivity contribution is -0.147. The number of hydrogen-bond donors (Lipinski definition) is 0. The summed E-state index contributed by atoms with van der Waals surface area (Å²) in [4.78, 5) is 17.7. The van der Waals surface area contributed by atoms with Gasteiger partial charge in [0.25, 0.3) is 0 Å². The van der Waals surface area contributed by atoms with Crippen LogP contribution in [0.15, 0.2) is 24.3 Å². The number of hydrogen-bond acceptors (Lipinski definition) is 3. The van der Waals surface area contributed by atoms with Gasteiger partial charge in [0.1, 0.15) is 5.60 Å². The number of para-hydroxylation sites is 2. The summed E-state index contributed by atoms with van der Waals surface area (Å²) in [6.45, 7) is 5.81. The summed E-state index contributed by atoms with van der Waals surface area (Å²) >= 11 is 0. The van der Waals surface area contributed by atoms with Crippen LogP contribution in [0.5, 0.6) is 0 Å². The van der Waals surface area contributed by atoms with Gasteiger partial charge < -0.3 is 14.2 Å². The van der Waals surface area contributed by atoms with Crippen molar-refractivity contribution in [2.75, 3.05) is 6.54 Å². The maximum atomic E-state index is 13.5. The lowest BCUT2D eigenvalue weighted by atomic mass is 10.2. The third kappa shape index (κ3) is 3.78. The number of aromatic nitrogens is 2. The van der Waals surface area contributed by atoms with Crippen LogP contribution in [0, 0.1) is 0 Å². The molecular weight excluding hydrogens is 347 g/mol. The van der Waals surface area contributed by atoms with Crippen LogP contribution < -0.4 is 0 Å². The fraction of sp³-hybridized carbons (Fsp3) is 0.556. The molecule has 1 fully saturated rings. The molecule has 1 atom stereocenters. The van der Waals surface area contributed by atoms with E-state index in [1.54, 1.807) is 45.0 Å². The minimum atomic E-state index is -4.56. The summed E-state index contributed by atoms with van der Waals surface area (Å²) in [5.74, 6) is -0.935. The molecule has 1 aliphatic heterocycles. The van der Waals surface area contributed by atoms with Crippen molar-refractivity contribution in [3.63, 3.8) is 0 Å². The van der Waals surface area contributed by atoms with Gasteiger partial charge in [0, 0.05) is 13.1 Å². The van der Waals surface area contributed by atoms with Crippen molar-refractivity contribution in [2.24, 2.45) is 0 Å². The number of rotatable bonds is 2. The highest BCUT2D eigenvalue weighted by Crippen LogP contribution is 2.33. The third-order valence-electron chi connectivity index (χ3n) is 4.31. The van der Waals surface area contributed by atoms with E-state index in [1.807, 2.05) is 0 Å². The summed E-state index contributed by atoms with van der Waals surface area (Å²) in [6, 6.07) is 6.15. The lowest BCUT2D eigenvalue weighted by Gasteiger charge is -2.29. The Morgan fingerprint density at radius 3 is 2.62 bits per heavy atom. The van der Waals surface area contributed by atoms with Gasteiger partial charge in [-0.25, -0.2) is 9.78 Å². The molecule has 2 heterocycles. The second-order valence-electron chi connectivity index (χ2n) is 7.50. The minimum absolute atomic E-state index is 0.0363. The summed E-state index contributed by atoms with van der Waals surface area (Å²) in [5.41, 5.74) is 0.0563. The predicted molar refractivity (Wildman–Crippen MR) is 90.7 cm³/mol. The molecule has 0 bridgehead atoms. The van der Waals surface area contributed by atoms with Crippen molar-refractivity contribution < 1.29 is 22.7 Å². The molecule has 1 aromatic heterocycles. The van der Waals surface area contributed by atoms with Crippen LogP contribution in [0.2, 0.25) is 0 Å². The van der Waals surface area contributed by atoms with Crippen molar-refractivity contribution in [3.05, 3.63) is 30.1 Å². The molecule has 1 aliphatic rings. The maximum Gasteiger partial charge on any atom is 0.449 e. The molecule has 26 heavy (non-hydrogen) atoms. The zero-order valence-electron chi connectivity index (χ0n) is 15.0. The van der Waals surface area contributed by atoms with Gasteiger partial charge in [-0.15, -0.1) is 0 Å². The van der Waals surface area contributed by atoms with Crippen molar-refractivity contribution >= 4 is 17.1 Å². The number of imidazole rings is 1. The fourth-order valence-corrected chi connectivity index (χ4v) is 3.27. The van der Waals surface area contributed by atoms with Crippen LogP contribution in [0.25, 0.3) is 11.0 Å². The first-order valence-electron chi connectivity index (χ1n) is 8.58. The molecule has 1 aromatic carbocycles. The zero-order valence-corrected chi connectivity index (χ0v) is 15.0. The van der Waals surface area contributed by atoms with Crippen molar-refractivity contribution in [1.82, 2.24) is 14.5 Å². The van der Waals surface area contributed by atoms with Gasteiger partial charge in [0.15, 0.2) is 0 Å². The smallest absolute Gasteiger partial charge is 0.444 e. The Bertz CT molecular complexity index is 808. The number of carbonyl (C=O) groups excluding carboxylic acids is 1. The Labute approximate surface area is 149 Å². The van der Waals surface area contributed by atoms with E-state index in [2.05, 4.69) is 4.98 Å². The van der Waals surface area contributed by atoms with E-state index in [-0.39, 0.29) is 12.6 Å². The Kier molecular flexibility index (Phi) is 4.62. The summed E-state index contributed by atoms with van der Waals surface area (Å²) in [6.07, 6.45) is -3.69. The number of fused-ring (bicyclic) bond motifs is 1. The van der Waals surface area contributed by atoms with Gasteiger partial charge >= 0.3 is 12.3 Å². The van der Waals surface area contributed by atoms with Gasteiger partial charge in [-0.2, -0.15) is 13.2 Å². The molecule has 0 aliphatic carbocycles. The quantitative estimate of drug-likeness (QED) is 0.786. The van der Waals surface area contributed by atoms with E-state index in [0.717, 1.165) is 6.42 Å². The number of carbonyl (C=O) groups is 1. The van der Waals surface area contributed by atoms with E-state index in [9.17, 15) is 18.0 Å². The van der Waals surface area contributed by atoms with Gasteiger partial charge in [0.05, 0.1) is 17.1 Å². The number of nitrogens with zero attached hydrogens (tertiary/aromatic N) is 3. The van der Waals surface area contributed by atoms with Crippen LogP contribution in [-0.4, -0.2) is 38.7 Å². The molecule has 1 saturated heterocycles. The van der Waals surface area contributed by atoms with Crippen molar-refractivity contribution in [1.29, 1.82) is 0 Å². The molecule has 142 valence electrons. The summed E-state index contributed by atoms with van der Waals surface area (Å²) in [7, 11) is 0. The SMILES string of the molecule is CC(C)(C)OC(=O)N1CCCC1Cn1c(C(F)(F)F)nc2ccccc21. The number of alkyl halides is 3. The first-order chi connectivity index (χ1) is 12.1. The Morgan fingerprint density at radius 2 is 1.96 bits per heavy atom. The average molecular weight is 369 g/mol. The van der Waals surface area contributed by atoms with Gasteiger partial charge in [0.2, 0.25) is 5.82 Å². The number of likely N-dealkylation sites (tertiary alicyclic amines) is 1. The maximum absolute atomic E-state index is 13.5. The number of halogens is 3. The topological polar surface area (TPSA) is 47.4 Å². The monoisotopic (exact) mass is 369 g/mol. The van der Waals surface area contributed by atoms with Gasteiger partial charge in [-0.1, -0.05) is 12.1 Å². The molecule has 3 rings (SSSR count). The molecule has 1 unspecified atom stereocenters. The first kappa shape index (κ1) is 18.5. The summed E-state index contributed by atoms with van der Waals surface area (Å²) < 4.78 is 46.9. The van der Waals surface area contributed by atoms with Gasteiger partial charge in [-0.3, -0.25) is 0 Å². The molecule has 2 aromatic rings. The highest BCUT2D eigenvalue weighted by Gasteiger charge is 2.39. The minimum Gasteiger partial charge on any atom is -0.444 e. The second kappa shape index (κ2) is 6.48. The standard InChI is InChI=1S/C18H22F3N3O2/c1-17(2,3)26-16(25)23-10-6-7-12(23)11-24-14-9-5-4-8-13(14)22-15(24)18(19,20)21/h4-5,8-9,12H,6-7,10-11H2,1-3H3. The number of amides is 1. The highest BCUT2D eigenvalue weighted by atomic mass is 19.4. The van der Waals surface area contributed by atoms with Crippen LogP contribution in [0.3, 0.4) is 0 Å². The number of benzene rings is 1. The zero-order chi connectivity index (χ0) is 19.1. The highest BCUT2D eigenvalue weighted by molar-refractivity contribution is 5.76. The average Bonchev–Trinajstić information content (AvgIpc) is 3.11. The Morgan fingerprint density at radius 1 is 1.27 bits per heavy atom. The fourth-order valence-electron chi connectivity index (χ4n) is 3.27. The molecular formula is C18H22F3N3O2.